The maximum absolute atomic E-state index is 11.0. The summed E-state index contributed by atoms with van der Waals surface area (Å²) in [5.41, 5.74) is 6.82. The molecule has 0 saturated heterocycles. The summed E-state index contributed by atoms with van der Waals surface area (Å²) in [6.07, 6.45) is 1.10. The average molecular weight is 244 g/mol. The van der Waals surface area contributed by atoms with E-state index in [-0.39, 0.29) is 0 Å². The van der Waals surface area contributed by atoms with Crippen LogP contribution in [0, 0.1) is 0 Å². The molecular weight excluding hydrogens is 228 g/mol. The Hall–Kier alpha value is -1.27. The normalized spacial score (nSPS) is 11.2. The highest BCUT2D eigenvalue weighted by molar-refractivity contribution is 7.92. The molecule has 0 saturated carbocycles. The van der Waals surface area contributed by atoms with Crippen LogP contribution in [0.4, 0.5) is 5.69 Å². The number of rotatable bonds is 5. The first-order valence-corrected chi connectivity index (χ1v) is 6.79. The van der Waals surface area contributed by atoms with Crippen LogP contribution >= 0.6 is 0 Å². The largest absolute Gasteiger partial charge is 0.494 e. The topological polar surface area (TPSA) is 81.4 Å². The predicted molar refractivity (Wildman–Crippen MR) is 64.0 cm³/mol. The molecule has 1 rings (SSSR count). The number of hydrogen-bond acceptors (Lipinski definition) is 4. The summed E-state index contributed by atoms with van der Waals surface area (Å²) in [5, 5.41) is 0. The van der Waals surface area contributed by atoms with Gasteiger partial charge < -0.3 is 10.5 Å². The van der Waals surface area contributed by atoms with E-state index in [4.69, 9.17) is 10.5 Å². The molecule has 0 unspecified atom stereocenters. The monoisotopic (exact) mass is 244 g/mol. The van der Waals surface area contributed by atoms with Gasteiger partial charge in [0.1, 0.15) is 5.75 Å². The molecule has 0 radical (unpaired) electrons. The van der Waals surface area contributed by atoms with E-state index < -0.39 is 10.0 Å². The van der Waals surface area contributed by atoms with Gasteiger partial charge in [-0.2, -0.15) is 0 Å². The lowest BCUT2D eigenvalue weighted by Gasteiger charge is -2.11. The SMILES string of the molecule is CCOc1ccc(NS(C)(=O)=O)cc1CN. The van der Waals surface area contributed by atoms with Gasteiger partial charge in [-0.3, -0.25) is 4.72 Å². The van der Waals surface area contributed by atoms with Crippen molar-refractivity contribution in [1.82, 2.24) is 0 Å². The molecule has 90 valence electrons. The van der Waals surface area contributed by atoms with E-state index in [1.54, 1.807) is 18.2 Å². The van der Waals surface area contributed by atoms with Crippen molar-refractivity contribution in [1.29, 1.82) is 0 Å². The van der Waals surface area contributed by atoms with Gasteiger partial charge in [-0.05, 0) is 25.1 Å². The van der Waals surface area contributed by atoms with Crippen molar-refractivity contribution in [2.45, 2.75) is 13.5 Å². The third-order valence-corrected chi connectivity index (χ3v) is 2.49. The molecule has 0 atom stereocenters. The minimum absolute atomic E-state index is 0.300. The molecule has 0 bridgehead atoms. The van der Waals surface area contributed by atoms with Crippen LogP contribution in [0.15, 0.2) is 18.2 Å². The van der Waals surface area contributed by atoms with Gasteiger partial charge in [0.05, 0.1) is 12.9 Å². The minimum Gasteiger partial charge on any atom is -0.494 e. The van der Waals surface area contributed by atoms with Gasteiger partial charge >= 0.3 is 0 Å². The summed E-state index contributed by atoms with van der Waals surface area (Å²) in [7, 11) is -3.26. The summed E-state index contributed by atoms with van der Waals surface area (Å²) in [6, 6.07) is 5.02. The molecule has 0 aliphatic carbocycles. The van der Waals surface area contributed by atoms with Crippen molar-refractivity contribution in [3.63, 3.8) is 0 Å². The summed E-state index contributed by atoms with van der Waals surface area (Å²) < 4.78 is 29.8. The van der Waals surface area contributed by atoms with Crippen molar-refractivity contribution in [2.24, 2.45) is 5.73 Å². The number of ether oxygens (including phenoxy) is 1. The highest BCUT2D eigenvalue weighted by Gasteiger charge is 2.06. The molecule has 5 nitrogen and oxygen atoms in total. The maximum Gasteiger partial charge on any atom is 0.229 e. The zero-order valence-corrected chi connectivity index (χ0v) is 10.2. The van der Waals surface area contributed by atoms with Crippen molar-refractivity contribution >= 4 is 15.7 Å². The van der Waals surface area contributed by atoms with Gasteiger partial charge in [-0.1, -0.05) is 0 Å². The second-order valence-electron chi connectivity index (χ2n) is 3.33. The molecule has 0 aliphatic rings. The molecule has 0 spiro atoms. The Morgan fingerprint density at radius 3 is 2.62 bits per heavy atom. The molecule has 0 aliphatic heterocycles. The fourth-order valence-corrected chi connectivity index (χ4v) is 1.87. The molecule has 16 heavy (non-hydrogen) atoms. The lowest BCUT2D eigenvalue weighted by molar-refractivity contribution is 0.336. The molecule has 0 aromatic heterocycles. The van der Waals surface area contributed by atoms with Crippen LogP contribution in [0.1, 0.15) is 12.5 Å². The Morgan fingerprint density at radius 1 is 1.44 bits per heavy atom. The number of sulfonamides is 1. The molecule has 1 aromatic rings. The van der Waals surface area contributed by atoms with Crippen molar-refractivity contribution in [3.8, 4) is 5.75 Å². The number of hydrogen-bond donors (Lipinski definition) is 2. The van der Waals surface area contributed by atoms with Crippen LogP contribution < -0.4 is 15.2 Å². The predicted octanol–water partition coefficient (Wildman–Crippen LogP) is 0.916. The lowest BCUT2D eigenvalue weighted by atomic mass is 10.2. The highest BCUT2D eigenvalue weighted by atomic mass is 32.2. The summed E-state index contributed by atoms with van der Waals surface area (Å²) >= 11 is 0. The number of nitrogens with two attached hydrogens (primary N) is 1. The van der Waals surface area contributed by atoms with Crippen LogP contribution in [0.2, 0.25) is 0 Å². The fraction of sp³-hybridized carbons (Fsp3) is 0.400. The average Bonchev–Trinajstić information content (AvgIpc) is 2.18. The van der Waals surface area contributed by atoms with Gasteiger partial charge in [0.25, 0.3) is 0 Å². The van der Waals surface area contributed by atoms with Crippen molar-refractivity contribution in [3.05, 3.63) is 23.8 Å². The quantitative estimate of drug-likeness (QED) is 0.806. The molecule has 0 heterocycles. The molecule has 0 amide bonds. The zero-order chi connectivity index (χ0) is 12.2. The summed E-state index contributed by atoms with van der Waals surface area (Å²) in [5.74, 6) is 0.684. The van der Waals surface area contributed by atoms with E-state index in [0.29, 0.717) is 24.6 Å². The number of nitrogens with one attached hydrogen (secondary N) is 1. The standard InChI is InChI=1S/C10H16N2O3S/c1-3-15-10-5-4-9(6-8(10)7-11)12-16(2,13)14/h4-6,12H,3,7,11H2,1-2H3. The van der Waals surface area contributed by atoms with E-state index in [0.717, 1.165) is 11.8 Å². The zero-order valence-electron chi connectivity index (χ0n) is 9.36. The molecule has 6 heteroatoms. The third-order valence-electron chi connectivity index (χ3n) is 1.88. The van der Waals surface area contributed by atoms with Gasteiger partial charge in [-0.25, -0.2) is 8.42 Å². The molecule has 1 aromatic carbocycles. The highest BCUT2D eigenvalue weighted by Crippen LogP contribution is 2.22. The first-order valence-electron chi connectivity index (χ1n) is 4.90. The van der Waals surface area contributed by atoms with Crippen LogP contribution in [-0.2, 0) is 16.6 Å². The second-order valence-corrected chi connectivity index (χ2v) is 5.08. The summed E-state index contributed by atoms with van der Waals surface area (Å²) in [4.78, 5) is 0. The van der Waals surface area contributed by atoms with Gasteiger partial charge in [0.15, 0.2) is 0 Å². The van der Waals surface area contributed by atoms with Gasteiger partial charge in [0, 0.05) is 17.8 Å². The first kappa shape index (κ1) is 12.8. The maximum atomic E-state index is 11.0. The van der Waals surface area contributed by atoms with E-state index in [1.165, 1.54) is 0 Å². The summed E-state index contributed by atoms with van der Waals surface area (Å²) in [6.45, 7) is 2.73. The van der Waals surface area contributed by atoms with Crippen LogP contribution in [0.25, 0.3) is 0 Å². The van der Waals surface area contributed by atoms with Crippen molar-refractivity contribution < 1.29 is 13.2 Å². The van der Waals surface area contributed by atoms with E-state index >= 15 is 0 Å². The Bertz CT molecular complexity index is 457. The first-order chi connectivity index (χ1) is 7.46. The van der Waals surface area contributed by atoms with E-state index in [2.05, 4.69) is 4.72 Å². The minimum atomic E-state index is -3.26. The fourth-order valence-electron chi connectivity index (χ4n) is 1.31. The Labute approximate surface area is 95.7 Å². The third kappa shape index (κ3) is 3.71. The van der Waals surface area contributed by atoms with Crippen molar-refractivity contribution in [2.75, 3.05) is 17.6 Å². The van der Waals surface area contributed by atoms with Gasteiger partial charge in [0.2, 0.25) is 10.0 Å². The number of anilines is 1. The Balaban J connectivity index is 2.99. The Morgan fingerprint density at radius 2 is 2.12 bits per heavy atom. The van der Waals surface area contributed by atoms with Gasteiger partial charge in [-0.15, -0.1) is 0 Å². The molecule has 0 fully saturated rings. The lowest BCUT2D eigenvalue weighted by Crippen LogP contribution is -2.10. The number of benzene rings is 1. The second kappa shape index (κ2) is 5.18. The van der Waals surface area contributed by atoms with E-state index in [9.17, 15) is 8.42 Å². The molecular formula is C10H16N2O3S. The van der Waals surface area contributed by atoms with E-state index in [1.807, 2.05) is 6.92 Å². The van der Waals surface area contributed by atoms with Crippen LogP contribution in [-0.4, -0.2) is 21.3 Å². The molecule has 3 N–H and O–H groups in total. The van der Waals surface area contributed by atoms with Crippen LogP contribution in [0.3, 0.4) is 0 Å². The van der Waals surface area contributed by atoms with Crippen LogP contribution in [0.5, 0.6) is 5.75 Å². The Kier molecular flexibility index (Phi) is 4.14. The smallest absolute Gasteiger partial charge is 0.229 e.